The fourth-order valence-electron chi connectivity index (χ4n) is 2.50. The molecule has 1 aromatic rings. The summed E-state index contributed by atoms with van der Waals surface area (Å²) in [5, 5.41) is 9.14. The van der Waals surface area contributed by atoms with Crippen molar-refractivity contribution < 1.29 is 9.90 Å². The molecule has 0 amide bonds. The van der Waals surface area contributed by atoms with Crippen LogP contribution in [0.2, 0.25) is 0 Å². The Morgan fingerprint density at radius 2 is 1.95 bits per heavy atom. The number of hydrogen-bond donors (Lipinski definition) is 2. The van der Waals surface area contributed by atoms with Crippen LogP contribution in [0.3, 0.4) is 0 Å². The smallest absolute Gasteiger partial charge is 0.337 e. The molecule has 0 bridgehead atoms. The lowest BCUT2D eigenvalue weighted by molar-refractivity contribution is 0.0698. The van der Waals surface area contributed by atoms with E-state index in [2.05, 4.69) is 28.8 Å². The van der Waals surface area contributed by atoms with Gasteiger partial charge in [-0.15, -0.1) is 0 Å². The highest BCUT2D eigenvalue weighted by Gasteiger charge is 2.18. The largest absolute Gasteiger partial charge is 0.478 e. The van der Waals surface area contributed by atoms with Crippen LogP contribution in [-0.4, -0.2) is 74.2 Å². The first-order valence-corrected chi connectivity index (χ1v) is 7.22. The average Bonchev–Trinajstić information content (AvgIpc) is 2.46. The van der Waals surface area contributed by atoms with E-state index in [0.29, 0.717) is 5.69 Å². The van der Waals surface area contributed by atoms with Crippen LogP contribution in [-0.2, 0) is 0 Å². The third-order valence-electron chi connectivity index (χ3n) is 3.87. The summed E-state index contributed by atoms with van der Waals surface area (Å²) in [7, 11) is 4.16. The van der Waals surface area contributed by atoms with Gasteiger partial charge in [0.25, 0.3) is 0 Å². The van der Waals surface area contributed by atoms with E-state index in [1.807, 2.05) is 6.07 Å². The quantitative estimate of drug-likeness (QED) is 0.776. The lowest BCUT2D eigenvalue weighted by Crippen LogP contribution is -2.48. The van der Waals surface area contributed by atoms with Gasteiger partial charge < -0.3 is 20.6 Å². The number of benzene rings is 1. The Kier molecular flexibility index (Phi) is 5.03. The number of aromatic carboxylic acids is 1. The standard InChI is InChI=1S/C15H24N4O2/c1-17(2)5-6-18-7-9-19(10-8-18)12-3-4-14(16)13(11-12)15(20)21/h3-4,11H,5-10,16H2,1-2H3,(H,20,21). The van der Waals surface area contributed by atoms with E-state index in [0.717, 1.165) is 45.0 Å². The minimum atomic E-state index is -0.973. The average molecular weight is 292 g/mol. The summed E-state index contributed by atoms with van der Waals surface area (Å²) < 4.78 is 0. The summed E-state index contributed by atoms with van der Waals surface area (Å²) in [5.74, 6) is -0.973. The zero-order valence-corrected chi connectivity index (χ0v) is 12.7. The monoisotopic (exact) mass is 292 g/mol. The molecule has 0 aliphatic carbocycles. The van der Waals surface area contributed by atoms with Gasteiger partial charge in [0.1, 0.15) is 0 Å². The third-order valence-corrected chi connectivity index (χ3v) is 3.87. The molecule has 1 aliphatic heterocycles. The van der Waals surface area contributed by atoms with Crippen molar-refractivity contribution in [1.29, 1.82) is 0 Å². The fraction of sp³-hybridized carbons (Fsp3) is 0.533. The summed E-state index contributed by atoms with van der Waals surface area (Å²) in [6, 6.07) is 5.25. The lowest BCUT2D eigenvalue weighted by Gasteiger charge is -2.36. The third kappa shape index (κ3) is 4.09. The second-order valence-electron chi connectivity index (χ2n) is 5.71. The number of nitrogens with zero attached hydrogens (tertiary/aromatic N) is 3. The molecule has 1 heterocycles. The Labute approximate surface area is 125 Å². The van der Waals surface area contributed by atoms with Crippen molar-refractivity contribution in [2.45, 2.75) is 0 Å². The van der Waals surface area contributed by atoms with Crippen molar-refractivity contribution in [3.05, 3.63) is 23.8 Å². The SMILES string of the molecule is CN(C)CCN1CCN(c2ccc(N)c(C(=O)O)c2)CC1. The van der Waals surface area contributed by atoms with E-state index in [1.54, 1.807) is 12.1 Å². The maximum absolute atomic E-state index is 11.1. The molecule has 2 rings (SSSR count). The summed E-state index contributed by atoms with van der Waals surface area (Å²) in [6.45, 7) is 5.96. The molecule has 6 heteroatoms. The maximum Gasteiger partial charge on any atom is 0.337 e. The molecule has 1 fully saturated rings. The van der Waals surface area contributed by atoms with E-state index in [9.17, 15) is 4.79 Å². The van der Waals surface area contributed by atoms with Crippen LogP contribution in [0.5, 0.6) is 0 Å². The normalized spacial score (nSPS) is 16.4. The number of carbonyl (C=O) groups is 1. The van der Waals surface area contributed by atoms with Crippen molar-refractivity contribution in [2.75, 3.05) is 64.0 Å². The van der Waals surface area contributed by atoms with Gasteiger partial charge in [-0.05, 0) is 32.3 Å². The highest BCUT2D eigenvalue weighted by Crippen LogP contribution is 2.22. The number of carboxylic acids is 1. The Bertz CT molecular complexity index is 496. The van der Waals surface area contributed by atoms with Crippen molar-refractivity contribution in [3.63, 3.8) is 0 Å². The van der Waals surface area contributed by atoms with Gasteiger partial charge in [0.15, 0.2) is 0 Å². The number of nitrogens with two attached hydrogens (primary N) is 1. The Balaban J connectivity index is 1.96. The van der Waals surface area contributed by atoms with Gasteiger partial charge in [-0.3, -0.25) is 4.90 Å². The Morgan fingerprint density at radius 1 is 1.29 bits per heavy atom. The van der Waals surface area contributed by atoms with E-state index in [-0.39, 0.29) is 5.56 Å². The number of rotatable bonds is 5. The molecule has 0 unspecified atom stereocenters. The topological polar surface area (TPSA) is 73.0 Å². The Hall–Kier alpha value is -1.79. The van der Waals surface area contributed by atoms with Gasteiger partial charge in [-0.1, -0.05) is 0 Å². The molecule has 0 spiro atoms. The molecular weight excluding hydrogens is 268 g/mol. The molecular formula is C15H24N4O2. The summed E-state index contributed by atoms with van der Waals surface area (Å²) in [4.78, 5) is 18.0. The molecule has 6 nitrogen and oxygen atoms in total. The van der Waals surface area contributed by atoms with Gasteiger partial charge in [0.05, 0.1) is 5.56 Å². The molecule has 3 N–H and O–H groups in total. The second-order valence-corrected chi connectivity index (χ2v) is 5.71. The number of piperazine rings is 1. The first kappa shape index (κ1) is 15.6. The first-order chi connectivity index (χ1) is 9.97. The molecule has 0 radical (unpaired) electrons. The van der Waals surface area contributed by atoms with Crippen molar-refractivity contribution in [3.8, 4) is 0 Å². The number of nitrogen functional groups attached to an aromatic ring is 1. The minimum Gasteiger partial charge on any atom is -0.478 e. The van der Waals surface area contributed by atoms with Crippen LogP contribution < -0.4 is 10.6 Å². The number of hydrogen-bond acceptors (Lipinski definition) is 5. The molecule has 0 atom stereocenters. The van der Waals surface area contributed by atoms with Gasteiger partial charge in [0.2, 0.25) is 0 Å². The van der Waals surface area contributed by atoms with Crippen LogP contribution in [0.25, 0.3) is 0 Å². The zero-order chi connectivity index (χ0) is 15.4. The van der Waals surface area contributed by atoms with Crippen molar-refractivity contribution >= 4 is 17.3 Å². The molecule has 21 heavy (non-hydrogen) atoms. The highest BCUT2D eigenvalue weighted by molar-refractivity contribution is 5.94. The lowest BCUT2D eigenvalue weighted by atomic mass is 10.1. The minimum absolute atomic E-state index is 0.183. The van der Waals surface area contributed by atoms with Crippen LogP contribution in [0.1, 0.15) is 10.4 Å². The van der Waals surface area contributed by atoms with Crippen LogP contribution in [0.15, 0.2) is 18.2 Å². The molecule has 0 aromatic heterocycles. The number of anilines is 2. The second kappa shape index (κ2) is 6.78. The first-order valence-electron chi connectivity index (χ1n) is 7.22. The van der Waals surface area contributed by atoms with E-state index in [1.165, 1.54) is 0 Å². The van der Waals surface area contributed by atoms with E-state index >= 15 is 0 Å². The fourth-order valence-corrected chi connectivity index (χ4v) is 2.50. The Morgan fingerprint density at radius 3 is 2.52 bits per heavy atom. The van der Waals surface area contributed by atoms with Gasteiger partial charge in [0, 0.05) is 50.6 Å². The van der Waals surface area contributed by atoms with Crippen LogP contribution >= 0.6 is 0 Å². The predicted molar refractivity (Wildman–Crippen MR) is 85.0 cm³/mol. The van der Waals surface area contributed by atoms with Crippen molar-refractivity contribution in [1.82, 2.24) is 9.80 Å². The van der Waals surface area contributed by atoms with Crippen LogP contribution in [0, 0.1) is 0 Å². The molecule has 1 aromatic carbocycles. The van der Waals surface area contributed by atoms with Gasteiger partial charge >= 0.3 is 5.97 Å². The number of likely N-dealkylation sites (N-methyl/N-ethyl adjacent to an activating group) is 1. The van der Waals surface area contributed by atoms with Gasteiger partial charge in [-0.2, -0.15) is 0 Å². The molecule has 1 saturated heterocycles. The summed E-state index contributed by atoms with van der Waals surface area (Å²) in [5.41, 5.74) is 7.13. The zero-order valence-electron chi connectivity index (χ0n) is 12.7. The highest BCUT2D eigenvalue weighted by atomic mass is 16.4. The van der Waals surface area contributed by atoms with E-state index < -0.39 is 5.97 Å². The number of carboxylic acid groups (broad SMARTS) is 1. The van der Waals surface area contributed by atoms with E-state index in [4.69, 9.17) is 10.8 Å². The molecule has 116 valence electrons. The van der Waals surface area contributed by atoms with Gasteiger partial charge in [-0.25, -0.2) is 4.79 Å². The molecule has 0 saturated carbocycles. The summed E-state index contributed by atoms with van der Waals surface area (Å²) >= 11 is 0. The van der Waals surface area contributed by atoms with Crippen LogP contribution in [0.4, 0.5) is 11.4 Å². The predicted octanol–water partition coefficient (Wildman–Crippen LogP) is 0.651. The van der Waals surface area contributed by atoms with Crippen molar-refractivity contribution in [2.24, 2.45) is 0 Å². The maximum atomic E-state index is 11.1. The summed E-state index contributed by atoms with van der Waals surface area (Å²) in [6.07, 6.45) is 0. The molecule has 1 aliphatic rings.